The second kappa shape index (κ2) is 36.7. The minimum absolute atomic E-state index is 0. The van der Waals surface area contributed by atoms with Gasteiger partial charge in [-0.15, -0.1) is 0 Å². The average Bonchev–Trinajstić information content (AvgIpc) is 3.15. The second-order valence-electron chi connectivity index (χ2n) is 12.4. The summed E-state index contributed by atoms with van der Waals surface area (Å²) in [7, 11) is 0. The Morgan fingerprint density at radius 2 is 1.38 bits per heavy atom. The molecule has 2 rings (SSSR count). The van der Waals surface area contributed by atoms with Gasteiger partial charge in [-0.25, -0.2) is 0 Å². The number of nitrogens with zero attached hydrogens (tertiary/aromatic N) is 1. The number of aliphatic imine (C=N–C) groups is 1. The molecule has 6 amide bonds. The molecule has 1 saturated heterocycles. The first-order valence-corrected chi connectivity index (χ1v) is 18.6. The molecule has 0 spiro atoms. The molecule has 1 aliphatic rings. The molecule has 5 atom stereocenters. The number of aliphatic carboxylic acids is 2. The first kappa shape index (κ1) is 65.0. The Bertz CT molecular complexity index is 1560. The number of hydrogen-bond donors (Lipinski definition) is 11. The number of carbonyl (C=O) groups excluding carboxylic acids is 6. The first-order valence-electron chi connectivity index (χ1n) is 17.5. The maximum absolute atomic E-state index is 13.8. The number of nitrogens with two attached hydrogens (primary N) is 3. The summed E-state index contributed by atoms with van der Waals surface area (Å²) in [5, 5.41) is 33.5. The molecule has 0 bridgehead atoms. The monoisotopic (exact) mass is 973 g/mol. The summed E-state index contributed by atoms with van der Waals surface area (Å²) >= 11 is 1.24. The maximum atomic E-state index is 13.8. The van der Waals surface area contributed by atoms with Gasteiger partial charge in [0.25, 0.3) is 0 Å². The minimum atomic E-state index is -1.61. The number of carbonyl (C=O) groups is 8. The maximum Gasteiger partial charge on any atom is -0.358 e. The predicted molar refractivity (Wildman–Crippen MR) is 224 cm³/mol. The van der Waals surface area contributed by atoms with Crippen LogP contribution in [0.5, 0.6) is 0 Å². The van der Waals surface area contributed by atoms with E-state index in [0.29, 0.717) is 24.2 Å². The summed E-state index contributed by atoms with van der Waals surface area (Å²) < 4.78 is 7.50. The van der Waals surface area contributed by atoms with E-state index in [1.807, 2.05) is 0 Å². The van der Waals surface area contributed by atoms with Crippen LogP contribution >= 0.6 is 11.8 Å². The molecule has 0 saturated carbocycles. The molecule has 1 radical (unpaired) electrons. The zero-order valence-electron chi connectivity index (χ0n) is 34.2. The number of amides is 6. The number of nitrogens with one attached hydrogen (secondary N) is 6. The van der Waals surface area contributed by atoms with Crippen molar-refractivity contribution in [2.45, 2.75) is 81.6 Å². The Morgan fingerprint density at radius 1 is 0.836 bits per heavy atom. The summed E-state index contributed by atoms with van der Waals surface area (Å²) in [5.74, 6) is -6.61. The van der Waals surface area contributed by atoms with Gasteiger partial charge in [0.05, 0.1) is 13.0 Å². The van der Waals surface area contributed by atoms with E-state index in [1.54, 1.807) is 30.3 Å². The van der Waals surface area contributed by atoms with E-state index in [9.17, 15) is 43.5 Å². The number of rotatable bonds is 19. The number of hydrogen-bond acceptors (Lipinski definition) is 11. The van der Waals surface area contributed by atoms with E-state index < -0.39 is 84.6 Å². The standard InChI is InChI=1S/C33H50N10O10S.CO.2CH3.2H2O.Tc/c34-20(32(52)53)18-54-14-11-25(44)37-12-5-4-9-22-29(49)41-21(10-6-13-38-33(35)36)28(48)39-17-26(45)40-24(16-27(46)47)31(51)43-23(30(50)42-22)15-19-7-2-1-3-8-19;1-2;;;;;/h1-3,7-8,20-24H,4-6,9-18,34H2,(H,37,44)(H,39,48)(H,40,45)(H,41,49)(H,42,50)(H,43,51)(H,46,47)(H,52,53)(H4,35,36,38);;2*1H3;2*1H2;/q;;2*-1;;;/p+2/t20?,21-,22-,23-,24-;;;;;;/m0....../s1/i;;;;;;1+1. The molecule has 347 valence electrons. The molecule has 23 nitrogen and oxygen atoms in total. The number of unbranched alkanes of at least 4 members (excludes halogenated alkanes) is 1. The molecule has 20 N–H and O–H groups in total. The van der Waals surface area contributed by atoms with E-state index in [2.05, 4.69) is 43.5 Å². The van der Waals surface area contributed by atoms with Crippen molar-refractivity contribution in [3.8, 4) is 0 Å². The quantitative estimate of drug-likeness (QED) is 0.0205. The molecule has 1 heterocycles. The Balaban J connectivity index is -0.00000147. The zero-order valence-corrected chi connectivity index (χ0v) is 36.8. The van der Waals surface area contributed by atoms with Gasteiger partial charge >= 0.3 is 23.2 Å². The van der Waals surface area contributed by atoms with E-state index >= 15 is 0 Å². The van der Waals surface area contributed by atoms with Crippen LogP contribution in [0.3, 0.4) is 0 Å². The Morgan fingerprint density at radius 3 is 1.95 bits per heavy atom. The van der Waals surface area contributed by atoms with Crippen molar-refractivity contribution in [3.63, 3.8) is 0 Å². The van der Waals surface area contributed by atoms with Crippen molar-refractivity contribution in [1.82, 2.24) is 31.9 Å². The first-order chi connectivity index (χ1) is 26.7. The molecule has 61 heavy (non-hydrogen) atoms. The fraction of sp³-hybridized carbons (Fsp3) is 0.500. The normalized spacial score (nSPS) is 18.0. The van der Waals surface area contributed by atoms with Crippen LogP contribution in [0.2, 0.25) is 0 Å². The van der Waals surface area contributed by atoms with E-state index in [-0.39, 0.29) is 109 Å². The molecular weight excluding hydrogens is 911 g/mol. The van der Waals surface area contributed by atoms with Crippen LogP contribution in [0.1, 0.15) is 50.5 Å². The Kier molecular flexibility index (Phi) is 39.1. The van der Waals surface area contributed by atoms with Crippen molar-refractivity contribution >= 4 is 65.1 Å². The second-order valence-corrected chi connectivity index (χ2v) is 13.5. The molecule has 0 aliphatic carbocycles. The van der Waals surface area contributed by atoms with E-state index in [0.717, 1.165) is 0 Å². The zero-order chi connectivity index (χ0) is 42.0. The van der Waals surface area contributed by atoms with Crippen LogP contribution in [0, 0.1) is 21.5 Å². The summed E-state index contributed by atoms with van der Waals surface area (Å²) in [6, 6.07) is 2.21. The largest absolute Gasteiger partial charge is 0.457 e. The molecule has 25 heteroatoms. The van der Waals surface area contributed by atoms with Gasteiger partial charge in [0.15, 0.2) is 5.96 Å². The number of thioether (sulfide) groups is 1. The smallest absolute Gasteiger partial charge is 0.358 e. The van der Waals surface area contributed by atoms with Gasteiger partial charge in [-0.1, -0.05) is 30.3 Å². The Labute approximate surface area is 372 Å². The van der Waals surface area contributed by atoms with Crippen molar-refractivity contribution in [2.75, 3.05) is 31.1 Å². The fourth-order valence-electron chi connectivity index (χ4n) is 5.07. The number of carboxylic acid groups (broad SMARTS) is 2. The van der Waals surface area contributed by atoms with Crippen LogP contribution in [-0.4, -0.2) is 125 Å². The van der Waals surface area contributed by atoms with Crippen LogP contribution in [0.25, 0.3) is 0 Å². The number of benzene rings is 1. The number of carboxylic acids is 2. The molecule has 1 fully saturated rings. The van der Waals surface area contributed by atoms with Gasteiger partial charge in [-0.05, 0) is 37.7 Å². The predicted octanol–water partition coefficient (Wildman–Crippen LogP) is -4.34. The van der Waals surface area contributed by atoms with Gasteiger partial charge in [0.1, 0.15) is 30.2 Å². The topological polar surface area (TPSA) is 426 Å². The van der Waals surface area contributed by atoms with Crippen molar-refractivity contribution in [3.05, 3.63) is 57.4 Å². The number of guanidine groups is 1. The molecule has 1 aliphatic heterocycles. The molecule has 1 aromatic carbocycles. The summed E-state index contributed by atoms with van der Waals surface area (Å²) in [5.41, 5.74) is 16.9. The third-order valence-corrected chi connectivity index (χ3v) is 9.00. The third kappa shape index (κ3) is 28.1. The summed E-state index contributed by atoms with van der Waals surface area (Å²) in [6.45, 7) is 4.19. The van der Waals surface area contributed by atoms with Gasteiger partial charge in [-0.2, -0.15) is 11.8 Å². The third-order valence-electron chi connectivity index (χ3n) is 7.91. The van der Waals surface area contributed by atoms with Gasteiger partial charge in [0, 0.05) is 57.5 Å². The van der Waals surface area contributed by atoms with E-state index in [4.69, 9.17) is 27.0 Å². The van der Waals surface area contributed by atoms with Gasteiger partial charge < -0.3 is 85.1 Å². The van der Waals surface area contributed by atoms with Crippen molar-refractivity contribution in [1.29, 1.82) is 0 Å². The summed E-state index contributed by atoms with van der Waals surface area (Å²) in [4.78, 5) is 105. The van der Waals surface area contributed by atoms with E-state index in [1.165, 1.54) is 11.8 Å². The van der Waals surface area contributed by atoms with Crippen LogP contribution in [0.15, 0.2) is 35.3 Å². The Hall–Kier alpha value is -5.13. The fourth-order valence-corrected chi connectivity index (χ4v) is 5.97. The molecule has 0 aromatic heterocycles. The average molecular weight is 974 g/mol. The summed E-state index contributed by atoms with van der Waals surface area (Å²) in [6.07, 6.45) is 0.274. The SMILES string of the molecule is NC(N)=NCCC[C@@H]1NC(=O)[C@H](CCCCNC(=O)CCSCC(N)C(=O)O)NC(=O)[C@H](Cc2ccccc2)NC(=O)[C@H](CC(=O)O)NC(=O)CNC1=O.[99Tc].[C-]#[O+].[CH3-].[CH3-].[OH3+].[OH3+]. The van der Waals surface area contributed by atoms with Crippen molar-refractivity contribution < 1.29 is 84.3 Å². The van der Waals surface area contributed by atoms with Gasteiger partial charge in [-0.3, -0.25) is 43.3 Å². The molecular formula is C36H62N10O13STc. The minimum Gasteiger partial charge on any atom is -0.457 e. The van der Waals surface area contributed by atoms with Gasteiger partial charge in [0.2, 0.25) is 35.4 Å². The van der Waals surface area contributed by atoms with Crippen LogP contribution < -0.4 is 49.1 Å². The van der Waals surface area contributed by atoms with Crippen LogP contribution in [-0.2, 0) is 80.5 Å². The molecule has 1 unspecified atom stereocenters. The molecule has 1 aromatic rings. The van der Waals surface area contributed by atoms with Crippen LogP contribution in [0.4, 0.5) is 0 Å². The van der Waals surface area contributed by atoms with Crippen molar-refractivity contribution in [2.24, 2.45) is 22.2 Å².